The van der Waals surface area contributed by atoms with Crippen molar-refractivity contribution >= 4 is 22.6 Å². The topological polar surface area (TPSA) is 25.8 Å². The Hall–Kier alpha value is -2.53. The number of benzene rings is 3. The highest BCUT2D eigenvalue weighted by Crippen LogP contribution is 2.28. The third-order valence-corrected chi connectivity index (χ3v) is 4.52. The lowest BCUT2D eigenvalue weighted by atomic mass is 10.0. The van der Waals surface area contributed by atoms with Gasteiger partial charge in [0, 0.05) is 33.7 Å². The molecule has 2 nitrogen and oxygen atoms in total. The maximum absolute atomic E-state index is 4.64. The van der Waals surface area contributed by atoms with Crippen LogP contribution in [0.3, 0.4) is 0 Å². The van der Waals surface area contributed by atoms with E-state index in [1.807, 2.05) is 24.3 Å². The molecule has 3 heteroatoms. The minimum atomic E-state index is 0.749. The van der Waals surface area contributed by atoms with E-state index >= 15 is 0 Å². The molecule has 1 aromatic heterocycles. The van der Waals surface area contributed by atoms with Crippen LogP contribution in [0.25, 0.3) is 33.6 Å². The van der Waals surface area contributed by atoms with Crippen molar-refractivity contribution in [1.29, 1.82) is 0 Å². The molecule has 1 heterocycles. The van der Waals surface area contributed by atoms with Gasteiger partial charge in [-0.2, -0.15) is 0 Å². The van der Waals surface area contributed by atoms with Gasteiger partial charge in [-0.15, -0.1) is 0 Å². The van der Waals surface area contributed by atoms with Gasteiger partial charge in [-0.3, -0.25) is 0 Å². The Balaban J connectivity index is 1.79. The molecular weight excluding hydrogens is 419 g/mol. The van der Waals surface area contributed by atoms with Crippen molar-refractivity contribution in [3.8, 4) is 33.6 Å². The van der Waals surface area contributed by atoms with Crippen molar-refractivity contribution in [2.75, 3.05) is 0 Å². The second kappa shape index (κ2) is 7.15. The maximum atomic E-state index is 4.64. The number of nitrogens with zero attached hydrogens (tertiary/aromatic N) is 2. The van der Waals surface area contributed by atoms with Crippen LogP contribution in [0.1, 0.15) is 0 Å². The molecule has 0 spiro atoms. The third-order valence-electron chi connectivity index (χ3n) is 4.03. The normalized spacial score (nSPS) is 10.6. The summed E-state index contributed by atoms with van der Waals surface area (Å²) in [4.78, 5) is 9.23. The van der Waals surface area contributed by atoms with Crippen LogP contribution in [0.5, 0.6) is 0 Å². The molecule has 0 aliphatic carbocycles. The fraction of sp³-hybridized carbons (Fsp3) is 0. The second-order valence-electron chi connectivity index (χ2n) is 5.72. The minimum Gasteiger partial charge on any atom is -0.223 e. The van der Waals surface area contributed by atoms with E-state index in [9.17, 15) is 0 Å². The zero-order valence-electron chi connectivity index (χ0n) is 13.4. The summed E-state index contributed by atoms with van der Waals surface area (Å²) in [6, 6.07) is 31.2. The Bertz CT molecular complexity index is 999. The summed E-state index contributed by atoms with van der Waals surface area (Å²) in [5.74, 6) is 0. The molecule has 4 aromatic rings. The molecule has 0 amide bonds. The lowest BCUT2D eigenvalue weighted by Gasteiger charge is -2.08. The SMILES string of the molecule is Ic1nc(-c2ccccc2)cc(-c2cccc(-c3ccccc3)c2)n1. The van der Waals surface area contributed by atoms with Crippen molar-refractivity contribution in [2.24, 2.45) is 0 Å². The molecule has 0 saturated carbocycles. The van der Waals surface area contributed by atoms with Gasteiger partial charge in [0.05, 0.1) is 11.4 Å². The first-order valence-corrected chi connectivity index (χ1v) is 9.13. The highest BCUT2D eigenvalue weighted by Gasteiger charge is 2.08. The van der Waals surface area contributed by atoms with E-state index in [1.165, 1.54) is 11.1 Å². The molecule has 4 rings (SSSR count). The summed E-state index contributed by atoms with van der Waals surface area (Å²) >= 11 is 2.18. The monoisotopic (exact) mass is 434 g/mol. The molecule has 120 valence electrons. The van der Waals surface area contributed by atoms with E-state index in [0.29, 0.717) is 0 Å². The van der Waals surface area contributed by atoms with Gasteiger partial charge in [0.15, 0.2) is 3.83 Å². The highest BCUT2D eigenvalue weighted by molar-refractivity contribution is 14.1. The zero-order valence-corrected chi connectivity index (χ0v) is 15.6. The second-order valence-corrected chi connectivity index (χ2v) is 6.69. The van der Waals surface area contributed by atoms with E-state index in [1.54, 1.807) is 0 Å². The Morgan fingerprint density at radius 1 is 0.480 bits per heavy atom. The standard InChI is InChI=1S/C22H15IN2/c23-22-24-20(17-10-5-2-6-11-17)15-21(25-22)19-13-7-12-18(14-19)16-8-3-1-4-9-16/h1-15H. The molecule has 0 unspecified atom stereocenters. The summed E-state index contributed by atoms with van der Waals surface area (Å²) < 4.78 is 0.749. The molecule has 0 aliphatic heterocycles. The molecule has 0 fully saturated rings. The van der Waals surface area contributed by atoms with Gasteiger partial charge in [-0.1, -0.05) is 78.9 Å². The van der Waals surface area contributed by atoms with Crippen LogP contribution in [0.4, 0.5) is 0 Å². The van der Waals surface area contributed by atoms with Crippen molar-refractivity contribution in [2.45, 2.75) is 0 Å². The van der Waals surface area contributed by atoms with Crippen LogP contribution in [-0.4, -0.2) is 9.97 Å². The molecule has 3 aromatic carbocycles. The van der Waals surface area contributed by atoms with Crippen molar-refractivity contribution in [3.05, 3.63) is 94.8 Å². The average molecular weight is 434 g/mol. The van der Waals surface area contributed by atoms with Crippen molar-refractivity contribution in [1.82, 2.24) is 9.97 Å². The summed E-state index contributed by atoms with van der Waals surface area (Å²) in [5.41, 5.74) is 6.47. The van der Waals surface area contributed by atoms with E-state index in [-0.39, 0.29) is 0 Å². The molecule has 0 aliphatic rings. The number of rotatable bonds is 3. The first kappa shape index (κ1) is 16.0. The Morgan fingerprint density at radius 3 is 1.68 bits per heavy atom. The Morgan fingerprint density at radius 2 is 1.00 bits per heavy atom. The lowest BCUT2D eigenvalue weighted by molar-refractivity contribution is 1.12. The molecule has 25 heavy (non-hydrogen) atoms. The van der Waals surface area contributed by atoms with Crippen LogP contribution < -0.4 is 0 Å². The number of halogens is 1. The molecule has 0 atom stereocenters. The van der Waals surface area contributed by atoms with Crippen LogP contribution in [-0.2, 0) is 0 Å². The molecule has 0 radical (unpaired) electrons. The van der Waals surface area contributed by atoms with E-state index in [2.05, 4.69) is 99.3 Å². The maximum Gasteiger partial charge on any atom is 0.191 e. The molecule has 0 bridgehead atoms. The number of hydrogen-bond donors (Lipinski definition) is 0. The third kappa shape index (κ3) is 3.61. The number of hydrogen-bond acceptors (Lipinski definition) is 2. The molecule has 0 N–H and O–H groups in total. The number of aromatic nitrogens is 2. The predicted octanol–water partition coefficient (Wildman–Crippen LogP) is 6.08. The fourth-order valence-corrected chi connectivity index (χ4v) is 3.33. The van der Waals surface area contributed by atoms with Crippen LogP contribution in [0.2, 0.25) is 0 Å². The summed E-state index contributed by atoms with van der Waals surface area (Å²) in [7, 11) is 0. The van der Waals surface area contributed by atoms with Crippen LogP contribution >= 0.6 is 22.6 Å². The van der Waals surface area contributed by atoms with Gasteiger partial charge in [0.25, 0.3) is 0 Å². The fourth-order valence-electron chi connectivity index (χ4n) is 2.81. The summed E-state index contributed by atoms with van der Waals surface area (Å²) in [6.45, 7) is 0. The lowest BCUT2D eigenvalue weighted by Crippen LogP contribution is -1.94. The predicted molar refractivity (Wildman–Crippen MR) is 111 cm³/mol. The smallest absolute Gasteiger partial charge is 0.191 e. The summed E-state index contributed by atoms with van der Waals surface area (Å²) in [6.07, 6.45) is 0. The largest absolute Gasteiger partial charge is 0.223 e. The van der Waals surface area contributed by atoms with Gasteiger partial charge in [0.2, 0.25) is 0 Å². The summed E-state index contributed by atoms with van der Waals surface area (Å²) in [5, 5.41) is 0. The minimum absolute atomic E-state index is 0.749. The molecule has 0 saturated heterocycles. The Labute approximate surface area is 160 Å². The van der Waals surface area contributed by atoms with Gasteiger partial charge in [0.1, 0.15) is 0 Å². The van der Waals surface area contributed by atoms with Crippen molar-refractivity contribution < 1.29 is 0 Å². The van der Waals surface area contributed by atoms with Crippen LogP contribution in [0.15, 0.2) is 91.0 Å². The van der Waals surface area contributed by atoms with Crippen molar-refractivity contribution in [3.63, 3.8) is 0 Å². The first-order chi connectivity index (χ1) is 12.3. The van der Waals surface area contributed by atoms with Crippen LogP contribution in [0, 0.1) is 3.83 Å². The quantitative estimate of drug-likeness (QED) is 0.289. The van der Waals surface area contributed by atoms with E-state index < -0.39 is 0 Å². The highest BCUT2D eigenvalue weighted by atomic mass is 127. The average Bonchev–Trinajstić information content (AvgIpc) is 2.69. The van der Waals surface area contributed by atoms with Gasteiger partial charge in [-0.05, 0) is 23.3 Å². The Kier molecular flexibility index (Phi) is 4.57. The molecular formula is C22H15IN2. The van der Waals surface area contributed by atoms with Gasteiger partial charge >= 0.3 is 0 Å². The first-order valence-electron chi connectivity index (χ1n) is 8.05. The van der Waals surface area contributed by atoms with E-state index in [4.69, 9.17) is 0 Å². The van der Waals surface area contributed by atoms with Gasteiger partial charge < -0.3 is 0 Å². The van der Waals surface area contributed by atoms with E-state index in [0.717, 1.165) is 26.3 Å². The zero-order chi connectivity index (χ0) is 17.1. The van der Waals surface area contributed by atoms with Gasteiger partial charge in [-0.25, -0.2) is 9.97 Å².